The third-order valence-corrected chi connectivity index (χ3v) is 5.40. The summed E-state index contributed by atoms with van der Waals surface area (Å²) in [6.45, 7) is 1.04. The topological polar surface area (TPSA) is 70.6 Å². The van der Waals surface area contributed by atoms with Gasteiger partial charge in [-0.05, 0) is 24.1 Å². The Morgan fingerprint density at radius 3 is 2.65 bits per heavy atom. The van der Waals surface area contributed by atoms with Gasteiger partial charge in [-0.3, -0.25) is 9.78 Å². The molecule has 108 valence electrons. The van der Waals surface area contributed by atoms with Crippen molar-refractivity contribution >= 4 is 15.9 Å². The van der Waals surface area contributed by atoms with E-state index in [0.717, 1.165) is 5.56 Å². The van der Waals surface area contributed by atoms with E-state index in [-0.39, 0.29) is 18.0 Å². The van der Waals surface area contributed by atoms with Crippen LogP contribution in [0, 0.1) is 0 Å². The van der Waals surface area contributed by atoms with Gasteiger partial charge in [0.05, 0.1) is 18.3 Å². The van der Waals surface area contributed by atoms with Crippen LogP contribution in [0.15, 0.2) is 24.5 Å². The fourth-order valence-corrected chi connectivity index (χ4v) is 4.34. The zero-order chi connectivity index (χ0) is 14.3. The number of aromatic nitrogens is 1. The Bertz CT molecular complexity index is 617. The number of sulfonamides is 1. The summed E-state index contributed by atoms with van der Waals surface area (Å²) < 4.78 is 24.9. The summed E-state index contributed by atoms with van der Waals surface area (Å²) in [5.74, 6) is 0.0326. The first kappa shape index (κ1) is 13.5. The van der Waals surface area contributed by atoms with Gasteiger partial charge in [-0.15, -0.1) is 0 Å². The highest BCUT2D eigenvalue weighted by Crippen LogP contribution is 2.34. The normalized spacial score (nSPS) is 27.1. The van der Waals surface area contributed by atoms with E-state index in [4.69, 9.17) is 0 Å². The van der Waals surface area contributed by atoms with Crippen molar-refractivity contribution in [3.63, 3.8) is 0 Å². The Kier molecular flexibility index (Phi) is 3.25. The average molecular weight is 295 g/mol. The Labute approximate surface area is 118 Å². The Morgan fingerprint density at radius 2 is 2.00 bits per heavy atom. The van der Waals surface area contributed by atoms with Crippen molar-refractivity contribution in [2.75, 3.05) is 12.8 Å². The summed E-state index contributed by atoms with van der Waals surface area (Å²) in [6.07, 6.45) is 5.62. The zero-order valence-corrected chi connectivity index (χ0v) is 12.1. The maximum absolute atomic E-state index is 12.2. The van der Waals surface area contributed by atoms with Crippen LogP contribution in [0.2, 0.25) is 0 Å². The number of hydrogen-bond acceptors (Lipinski definition) is 4. The molecule has 0 aromatic carbocycles. The third-order valence-electron chi connectivity index (χ3n) is 4.09. The van der Waals surface area contributed by atoms with E-state index in [1.165, 1.54) is 10.6 Å². The lowest BCUT2D eigenvalue weighted by atomic mass is 10.1. The number of hydrogen-bond donors (Lipinski definition) is 0. The van der Waals surface area contributed by atoms with Gasteiger partial charge in [-0.2, -0.15) is 4.31 Å². The molecular formula is C13H17N3O3S. The summed E-state index contributed by atoms with van der Waals surface area (Å²) in [6, 6.07) is 3.57. The predicted octanol–water partition coefficient (Wildman–Crippen LogP) is 0.216. The zero-order valence-electron chi connectivity index (χ0n) is 11.3. The molecule has 0 aliphatic carbocycles. The van der Waals surface area contributed by atoms with Gasteiger partial charge in [-0.25, -0.2) is 8.42 Å². The number of amides is 1. The fraction of sp³-hybridized carbons (Fsp3) is 0.538. The van der Waals surface area contributed by atoms with Crippen molar-refractivity contribution in [2.24, 2.45) is 0 Å². The maximum Gasteiger partial charge on any atom is 0.224 e. The largest absolute Gasteiger partial charge is 0.334 e. The van der Waals surface area contributed by atoms with Crippen molar-refractivity contribution in [3.8, 4) is 0 Å². The second-order valence-corrected chi connectivity index (χ2v) is 7.31. The lowest BCUT2D eigenvalue weighted by molar-refractivity contribution is -0.129. The standard InChI is InChI=1S/C13H17N3O3S/c1-20(18,19)16-7-4-11-12(16)8-13(17)15(11)9-10-2-5-14-6-3-10/h2-3,5-6,11-12H,4,7-9H2,1H3/t11-,12+/m1/s1. The first-order chi connectivity index (χ1) is 9.47. The molecule has 2 aliphatic rings. The van der Waals surface area contributed by atoms with E-state index < -0.39 is 10.0 Å². The number of carbonyl (C=O) groups excluding carboxylic acids is 1. The summed E-state index contributed by atoms with van der Waals surface area (Å²) in [4.78, 5) is 17.9. The molecule has 1 amide bonds. The average Bonchev–Trinajstić information content (AvgIpc) is 2.91. The highest BCUT2D eigenvalue weighted by atomic mass is 32.2. The van der Waals surface area contributed by atoms with E-state index >= 15 is 0 Å². The Balaban J connectivity index is 1.80. The molecule has 2 fully saturated rings. The second kappa shape index (κ2) is 4.82. The molecule has 6 nitrogen and oxygen atoms in total. The van der Waals surface area contributed by atoms with Crippen molar-refractivity contribution < 1.29 is 13.2 Å². The molecule has 0 radical (unpaired) electrons. The number of pyridine rings is 1. The lowest BCUT2D eigenvalue weighted by Gasteiger charge is -2.24. The summed E-state index contributed by atoms with van der Waals surface area (Å²) in [5.41, 5.74) is 1.02. The van der Waals surface area contributed by atoms with Gasteiger partial charge in [0.2, 0.25) is 15.9 Å². The van der Waals surface area contributed by atoms with Gasteiger partial charge < -0.3 is 4.90 Å². The molecule has 0 N–H and O–H groups in total. The highest BCUT2D eigenvalue weighted by Gasteiger charge is 2.49. The molecule has 0 bridgehead atoms. The minimum atomic E-state index is -3.23. The van der Waals surface area contributed by atoms with E-state index in [9.17, 15) is 13.2 Å². The molecule has 3 rings (SSSR count). The molecule has 7 heteroatoms. The number of carbonyl (C=O) groups is 1. The van der Waals surface area contributed by atoms with Crippen LogP contribution in [-0.2, 0) is 21.4 Å². The minimum Gasteiger partial charge on any atom is -0.334 e. The summed E-state index contributed by atoms with van der Waals surface area (Å²) in [5, 5.41) is 0. The monoisotopic (exact) mass is 295 g/mol. The molecule has 3 heterocycles. The molecule has 0 saturated carbocycles. The molecule has 20 heavy (non-hydrogen) atoms. The molecule has 0 unspecified atom stereocenters. The first-order valence-electron chi connectivity index (χ1n) is 6.62. The molecule has 2 saturated heterocycles. The number of likely N-dealkylation sites (tertiary alicyclic amines) is 1. The molecular weight excluding hydrogens is 278 g/mol. The summed E-state index contributed by atoms with van der Waals surface area (Å²) >= 11 is 0. The van der Waals surface area contributed by atoms with E-state index in [0.29, 0.717) is 25.9 Å². The molecule has 1 aromatic heterocycles. The SMILES string of the molecule is CS(=O)(=O)N1CC[C@@H]2[C@@H]1CC(=O)N2Cc1ccncc1. The Morgan fingerprint density at radius 1 is 1.30 bits per heavy atom. The van der Waals surface area contributed by atoms with Crippen LogP contribution in [0.5, 0.6) is 0 Å². The second-order valence-electron chi connectivity index (χ2n) is 5.38. The van der Waals surface area contributed by atoms with E-state index in [1.54, 1.807) is 12.4 Å². The quantitative estimate of drug-likeness (QED) is 0.799. The number of nitrogens with zero attached hydrogens (tertiary/aromatic N) is 3. The van der Waals surface area contributed by atoms with E-state index in [1.807, 2.05) is 17.0 Å². The predicted molar refractivity (Wildman–Crippen MR) is 73.1 cm³/mol. The first-order valence-corrected chi connectivity index (χ1v) is 8.47. The van der Waals surface area contributed by atoms with Gasteiger partial charge in [0.15, 0.2) is 0 Å². The fourth-order valence-electron chi connectivity index (χ4n) is 3.19. The number of rotatable bonds is 3. The van der Waals surface area contributed by atoms with Crippen molar-refractivity contribution in [3.05, 3.63) is 30.1 Å². The van der Waals surface area contributed by atoms with Crippen molar-refractivity contribution in [2.45, 2.75) is 31.5 Å². The maximum atomic E-state index is 12.2. The molecule has 2 atom stereocenters. The lowest BCUT2D eigenvalue weighted by Crippen LogP contribution is -2.39. The summed E-state index contributed by atoms with van der Waals surface area (Å²) in [7, 11) is -3.23. The van der Waals surface area contributed by atoms with Gasteiger partial charge in [0.1, 0.15) is 0 Å². The smallest absolute Gasteiger partial charge is 0.224 e. The Hall–Kier alpha value is -1.47. The van der Waals surface area contributed by atoms with Crippen LogP contribution in [0.25, 0.3) is 0 Å². The molecule has 0 spiro atoms. The van der Waals surface area contributed by atoms with Crippen LogP contribution in [0.3, 0.4) is 0 Å². The van der Waals surface area contributed by atoms with Crippen LogP contribution in [0.4, 0.5) is 0 Å². The molecule has 2 aliphatic heterocycles. The van der Waals surface area contributed by atoms with Crippen LogP contribution >= 0.6 is 0 Å². The third kappa shape index (κ3) is 2.31. The van der Waals surface area contributed by atoms with Gasteiger partial charge >= 0.3 is 0 Å². The highest BCUT2D eigenvalue weighted by molar-refractivity contribution is 7.88. The number of fused-ring (bicyclic) bond motifs is 1. The van der Waals surface area contributed by atoms with Gasteiger partial charge in [0.25, 0.3) is 0 Å². The van der Waals surface area contributed by atoms with Crippen molar-refractivity contribution in [1.29, 1.82) is 0 Å². The van der Waals surface area contributed by atoms with Gasteiger partial charge in [-0.1, -0.05) is 0 Å². The van der Waals surface area contributed by atoms with E-state index in [2.05, 4.69) is 4.98 Å². The van der Waals surface area contributed by atoms with Crippen LogP contribution in [0.1, 0.15) is 18.4 Å². The van der Waals surface area contributed by atoms with Crippen molar-refractivity contribution in [1.82, 2.24) is 14.2 Å². The van der Waals surface area contributed by atoms with Gasteiger partial charge in [0, 0.05) is 31.9 Å². The minimum absolute atomic E-state index is 0.00499. The van der Waals surface area contributed by atoms with Crippen LogP contribution < -0.4 is 0 Å². The van der Waals surface area contributed by atoms with Crippen LogP contribution in [-0.4, -0.2) is 53.4 Å². The molecule has 1 aromatic rings.